The van der Waals surface area contributed by atoms with E-state index in [0.29, 0.717) is 25.7 Å². The highest BCUT2D eigenvalue weighted by Gasteiger charge is 2.16. The standard InChI is InChI=1S/C13H28N2O4S/c1-11(2)13(16)14-20(17,18)10-6-8-19-9-7-15(5)12(3)4/h11-12H,6-10H2,1-5H3,(H,14,16). The maximum Gasteiger partial charge on any atom is 0.235 e. The Kier molecular flexibility index (Phi) is 9.00. The van der Waals surface area contributed by atoms with E-state index in [4.69, 9.17) is 4.74 Å². The van der Waals surface area contributed by atoms with Gasteiger partial charge in [-0.15, -0.1) is 0 Å². The Balaban J connectivity index is 3.76. The van der Waals surface area contributed by atoms with Gasteiger partial charge in [0.05, 0.1) is 12.4 Å². The summed E-state index contributed by atoms with van der Waals surface area (Å²) in [6.07, 6.45) is 0.381. The maximum absolute atomic E-state index is 11.6. The molecule has 1 N–H and O–H groups in total. The fraction of sp³-hybridized carbons (Fsp3) is 0.923. The van der Waals surface area contributed by atoms with Crippen LogP contribution in [0.3, 0.4) is 0 Å². The van der Waals surface area contributed by atoms with Gasteiger partial charge in [-0.05, 0) is 27.3 Å². The zero-order chi connectivity index (χ0) is 15.8. The van der Waals surface area contributed by atoms with Gasteiger partial charge in [-0.2, -0.15) is 0 Å². The molecule has 0 aromatic heterocycles. The lowest BCUT2D eigenvalue weighted by Crippen LogP contribution is -2.35. The molecule has 0 radical (unpaired) electrons. The van der Waals surface area contributed by atoms with Crippen LogP contribution >= 0.6 is 0 Å². The van der Waals surface area contributed by atoms with Crippen LogP contribution in [0.15, 0.2) is 0 Å². The summed E-state index contributed by atoms with van der Waals surface area (Å²) in [6, 6.07) is 0.463. The summed E-state index contributed by atoms with van der Waals surface area (Å²) >= 11 is 0. The molecule has 0 saturated carbocycles. The largest absolute Gasteiger partial charge is 0.380 e. The lowest BCUT2D eigenvalue weighted by Gasteiger charge is -2.20. The highest BCUT2D eigenvalue weighted by molar-refractivity contribution is 7.90. The van der Waals surface area contributed by atoms with Crippen molar-refractivity contribution >= 4 is 15.9 Å². The number of nitrogens with one attached hydrogen (secondary N) is 1. The minimum atomic E-state index is -3.53. The van der Waals surface area contributed by atoms with Crippen LogP contribution in [0, 0.1) is 5.92 Å². The number of amides is 1. The fourth-order valence-corrected chi connectivity index (χ4v) is 2.38. The summed E-state index contributed by atoms with van der Waals surface area (Å²) < 4.78 is 30.6. The molecule has 0 saturated heterocycles. The predicted molar refractivity (Wildman–Crippen MR) is 80.0 cm³/mol. The van der Waals surface area contributed by atoms with E-state index < -0.39 is 15.9 Å². The van der Waals surface area contributed by atoms with E-state index in [9.17, 15) is 13.2 Å². The molecule has 120 valence electrons. The molecular formula is C13H28N2O4S. The van der Waals surface area contributed by atoms with Crippen LogP contribution < -0.4 is 4.72 Å². The van der Waals surface area contributed by atoms with Crippen molar-refractivity contribution < 1.29 is 17.9 Å². The molecule has 0 fully saturated rings. The quantitative estimate of drug-likeness (QED) is 0.605. The summed E-state index contributed by atoms with van der Waals surface area (Å²) in [5, 5.41) is 0. The van der Waals surface area contributed by atoms with Crippen molar-refractivity contribution in [3.8, 4) is 0 Å². The van der Waals surface area contributed by atoms with E-state index >= 15 is 0 Å². The lowest BCUT2D eigenvalue weighted by molar-refractivity contribution is -0.122. The van der Waals surface area contributed by atoms with Crippen LogP contribution in [-0.2, 0) is 19.6 Å². The number of hydrogen-bond acceptors (Lipinski definition) is 5. The predicted octanol–water partition coefficient (Wildman–Crippen LogP) is 0.835. The van der Waals surface area contributed by atoms with Crippen LogP contribution in [0.25, 0.3) is 0 Å². The van der Waals surface area contributed by atoms with Gasteiger partial charge in [-0.1, -0.05) is 13.8 Å². The van der Waals surface area contributed by atoms with Crippen LogP contribution in [0.4, 0.5) is 0 Å². The van der Waals surface area contributed by atoms with Gasteiger partial charge in [0.25, 0.3) is 0 Å². The van der Waals surface area contributed by atoms with Gasteiger partial charge < -0.3 is 9.64 Å². The Hall–Kier alpha value is -0.660. The molecule has 20 heavy (non-hydrogen) atoms. The molecule has 0 atom stereocenters. The molecule has 0 aromatic rings. The SMILES string of the molecule is CC(C)C(=O)NS(=O)(=O)CCCOCCN(C)C(C)C. The number of ether oxygens (including phenoxy) is 1. The van der Waals surface area contributed by atoms with Gasteiger partial charge in [-0.25, -0.2) is 8.42 Å². The maximum atomic E-state index is 11.6. The number of rotatable bonds is 10. The first kappa shape index (κ1) is 19.3. The van der Waals surface area contributed by atoms with Crippen molar-refractivity contribution in [2.75, 3.05) is 32.6 Å². The molecule has 0 spiro atoms. The molecule has 0 rings (SSSR count). The van der Waals surface area contributed by atoms with E-state index in [2.05, 4.69) is 18.7 Å². The van der Waals surface area contributed by atoms with Crippen molar-refractivity contribution in [2.24, 2.45) is 5.92 Å². The van der Waals surface area contributed by atoms with Crippen molar-refractivity contribution in [1.29, 1.82) is 0 Å². The second-order valence-electron chi connectivity index (χ2n) is 5.48. The summed E-state index contributed by atoms with van der Waals surface area (Å²) in [5.74, 6) is -0.900. The van der Waals surface area contributed by atoms with Crippen LogP contribution in [0.2, 0.25) is 0 Å². The van der Waals surface area contributed by atoms with Crippen LogP contribution in [0.5, 0.6) is 0 Å². The van der Waals surface area contributed by atoms with Crippen molar-refractivity contribution in [2.45, 2.75) is 40.2 Å². The topological polar surface area (TPSA) is 75.7 Å². The summed E-state index contributed by atoms with van der Waals surface area (Å²) in [4.78, 5) is 13.5. The lowest BCUT2D eigenvalue weighted by atomic mass is 10.2. The summed E-state index contributed by atoms with van der Waals surface area (Å²) in [6.45, 7) is 9.27. The monoisotopic (exact) mass is 308 g/mol. The van der Waals surface area contributed by atoms with Gasteiger partial charge in [0.15, 0.2) is 0 Å². The average molecular weight is 308 g/mol. The number of sulfonamides is 1. The molecule has 0 aromatic carbocycles. The van der Waals surface area contributed by atoms with Gasteiger partial charge in [0, 0.05) is 25.1 Å². The van der Waals surface area contributed by atoms with Gasteiger partial charge >= 0.3 is 0 Å². The zero-order valence-electron chi connectivity index (χ0n) is 13.2. The summed E-state index contributed by atoms with van der Waals surface area (Å²) in [5.41, 5.74) is 0. The number of hydrogen-bond donors (Lipinski definition) is 1. The van der Waals surface area contributed by atoms with Gasteiger partial charge in [0.1, 0.15) is 0 Å². The van der Waals surface area contributed by atoms with E-state index in [1.165, 1.54) is 0 Å². The first-order valence-corrected chi connectivity index (χ1v) is 8.63. The molecule has 0 aliphatic rings. The molecule has 0 aliphatic heterocycles. The van der Waals surface area contributed by atoms with Crippen molar-refractivity contribution in [3.63, 3.8) is 0 Å². The van der Waals surface area contributed by atoms with Crippen LogP contribution in [-0.4, -0.2) is 57.8 Å². The second kappa shape index (κ2) is 9.31. The Morgan fingerprint density at radius 2 is 1.80 bits per heavy atom. The zero-order valence-corrected chi connectivity index (χ0v) is 14.0. The van der Waals surface area contributed by atoms with Gasteiger partial charge in [0.2, 0.25) is 15.9 Å². The number of likely N-dealkylation sites (N-methyl/N-ethyl adjacent to an activating group) is 1. The second-order valence-corrected chi connectivity index (χ2v) is 7.32. The minimum Gasteiger partial charge on any atom is -0.380 e. The number of carbonyl (C=O) groups is 1. The first-order chi connectivity index (χ1) is 9.15. The first-order valence-electron chi connectivity index (χ1n) is 6.98. The molecule has 6 nitrogen and oxygen atoms in total. The normalized spacial score (nSPS) is 12.4. The smallest absolute Gasteiger partial charge is 0.235 e. The highest BCUT2D eigenvalue weighted by atomic mass is 32.2. The van der Waals surface area contributed by atoms with E-state index in [1.54, 1.807) is 13.8 Å². The molecule has 0 bridgehead atoms. The molecule has 1 amide bonds. The number of carbonyl (C=O) groups excluding carboxylic acids is 1. The van der Waals surface area contributed by atoms with Gasteiger partial charge in [-0.3, -0.25) is 9.52 Å². The molecule has 7 heteroatoms. The fourth-order valence-electron chi connectivity index (χ4n) is 1.24. The Morgan fingerprint density at radius 3 is 2.30 bits per heavy atom. The Labute approximate surface area is 122 Å². The van der Waals surface area contributed by atoms with E-state index in [1.807, 2.05) is 11.8 Å². The molecule has 0 unspecified atom stereocenters. The highest BCUT2D eigenvalue weighted by Crippen LogP contribution is 1.97. The molecule has 0 heterocycles. The van der Waals surface area contributed by atoms with Crippen LogP contribution in [0.1, 0.15) is 34.1 Å². The van der Waals surface area contributed by atoms with Crippen molar-refractivity contribution in [1.82, 2.24) is 9.62 Å². The Bertz CT molecular complexity index is 380. The molecule has 0 aliphatic carbocycles. The average Bonchev–Trinajstić information content (AvgIpc) is 2.32. The van der Waals surface area contributed by atoms with E-state index in [-0.39, 0.29) is 11.7 Å². The Morgan fingerprint density at radius 1 is 1.20 bits per heavy atom. The third-order valence-electron chi connectivity index (χ3n) is 2.95. The molecular weight excluding hydrogens is 280 g/mol. The summed E-state index contributed by atoms with van der Waals surface area (Å²) in [7, 11) is -1.52. The minimum absolute atomic E-state index is 0.0918. The number of nitrogens with zero attached hydrogens (tertiary/aromatic N) is 1. The van der Waals surface area contributed by atoms with E-state index in [0.717, 1.165) is 6.54 Å². The van der Waals surface area contributed by atoms with Crippen molar-refractivity contribution in [3.05, 3.63) is 0 Å². The third-order valence-corrected chi connectivity index (χ3v) is 4.29. The third kappa shape index (κ3) is 9.28.